The van der Waals surface area contributed by atoms with Crippen LogP contribution in [-0.4, -0.2) is 39.8 Å². The summed E-state index contributed by atoms with van der Waals surface area (Å²) in [4.78, 5) is 0. The van der Waals surface area contributed by atoms with Gasteiger partial charge in [-0.25, -0.2) is 4.68 Å². The fraction of sp³-hybridized carbons (Fsp3) is 0.455. The highest BCUT2D eigenvalue weighted by Crippen LogP contribution is 2.12. The van der Waals surface area contributed by atoms with E-state index in [9.17, 15) is 0 Å². The van der Waals surface area contributed by atoms with Gasteiger partial charge in [-0.05, 0) is 19.9 Å². The molecule has 0 saturated carbocycles. The van der Waals surface area contributed by atoms with Crippen molar-refractivity contribution in [1.82, 2.24) is 39.8 Å². The molecule has 0 amide bonds. The third-order valence-corrected chi connectivity index (χ3v) is 2.78. The van der Waals surface area contributed by atoms with E-state index in [1.54, 1.807) is 9.20 Å². The van der Waals surface area contributed by atoms with Crippen molar-refractivity contribution in [2.45, 2.75) is 33.6 Å². The Labute approximate surface area is 109 Å². The summed E-state index contributed by atoms with van der Waals surface area (Å²) in [5, 5.41) is 24.9. The van der Waals surface area contributed by atoms with Crippen molar-refractivity contribution in [2.75, 3.05) is 0 Å². The van der Waals surface area contributed by atoms with E-state index in [1.165, 1.54) is 0 Å². The standard InChI is InChI=1S/C11H14N8/c1-6(2)9-12-13-10-14-15-11(17-19(9)10)18-8(4)5-7(3)16-18/h5-6H,1-4H3. The van der Waals surface area contributed by atoms with Gasteiger partial charge in [0.15, 0.2) is 5.82 Å². The average molecular weight is 258 g/mol. The molecule has 0 fully saturated rings. The van der Waals surface area contributed by atoms with Crippen LogP contribution >= 0.6 is 0 Å². The van der Waals surface area contributed by atoms with Crippen LogP contribution < -0.4 is 0 Å². The SMILES string of the molecule is Cc1cc(C)n(-c2nnc3nnc(C(C)C)n3n2)n1. The summed E-state index contributed by atoms with van der Waals surface area (Å²) in [5.74, 6) is 1.78. The molecule has 19 heavy (non-hydrogen) atoms. The van der Waals surface area contributed by atoms with Gasteiger partial charge in [0.2, 0.25) is 0 Å². The molecule has 3 heterocycles. The minimum atomic E-state index is 0.208. The number of fused-ring (bicyclic) bond motifs is 1. The Morgan fingerprint density at radius 3 is 2.37 bits per heavy atom. The monoisotopic (exact) mass is 258 g/mol. The molecule has 3 aromatic heterocycles. The Morgan fingerprint density at radius 2 is 1.74 bits per heavy atom. The normalized spacial score (nSPS) is 11.6. The fourth-order valence-electron chi connectivity index (χ4n) is 1.92. The predicted molar refractivity (Wildman–Crippen MR) is 67.1 cm³/mol. The second-order valence-electron chi connectivity index (χ2n) is 4.76. The lowest BCUT2D eigenvalue weighted by atomic mass is 10.2. The van der Waals surface area contributed by atoms with E-state index < -0.39 is 0 Å². The molecule has 0 unspecified atom stereocenters. The molecule has 0 aliphatic rings. The molecule has 0 aromatic carbocycles. The van der Waals surface area contributed by atoms with E-state index in [1.807, 2.05) is 33.8 Å². The minimum Gasteiger partial charge on any atom is -0.200 e. The second kappa shape index (κ2) is 4.08. The highest BCUT2D eigenvalue weighted by atomic mass is 15.5. The molecule has 0 bridgehead atoms. The van der Waals surface area contributed by atoms with E-state index in [0.717, 1.165) is 17.2 Å². The van der Waals surface area contributed by atoms with Gasteiger partial charge in [0.25, 0.3) is 11.7 Å². The summed E-state index contributed by atoms with van der Waals surface area (Å²) in [6, 6.07) is 1.96. The van der Waals surface area contributed by atoms with Crippen LogP contribution in [0.2, 0.25) is 0 Å². The molecular weight excluding hydrogens is 244 g/mol. The lowest BCUT2D eigenvalue weighted by molar-refractivity contribution is 0.662. The van der Waals surface area contributed by atoms with Gasteiger partial charge in [-0.15, -0.1) is 25.5 Å². The van der Waals surface area contributed by atoms with Crippen molar-refractivity contribution < 1.29 is 0 Å². The molecule has 0 N–H and O–H groups in total. The van der Waals surface area contributed by atoms with Crippen molar-refractivity contribution in [3.63, 3.8) is 0 Å². The smallest absolute Gasteiger partial charge is 0.200 e. The van der Waals surface area contributed by atoms with Gasteiger partial charge in [0.1, 0.15) is 0 Å². The zero-order chi connectivity index (χ0) is 13.6. The summed E-state index contributed by atoms with van der Waals surface area (Å²) in [7, 11) is 0. The van der Waals surface area contributed by atoms with Crippen molar-refractivity contribution in [3.05, 3.63) is 23.3 Å². The van der Waals surface area contributed by atoms with Gasteiger partial charge in [-0.2, -0.15) is 9.61 Å². The molecule has 0 saturated heterocycles. The Morgan fingerprint density at radius 1 is 1.00 bits per heavy atom. The first-order valence-corrected chi connectivity index (χ1v) is 6.06. The Balaban J connectivity index is 2.20. The van der Waals surface area contributed by atoms with Crippen LogP contribution in [0, 0.1) is 13.8 Å². The maximum Gasteiger partial charge on any atom is 0.290 e. The van der Waals surface area contributed by atoms with Gasteiger partial charge in [-0.3, -0.25) is 0 Å². The highest BCUT2D eigenvalue weighted by molar-refractivity contribution is 5.26. The van der Waals surface area contributed by atoms with Gasteiger partial charge in [-0.1, -0.05) is 13.8 Å². The van der Waals surface area contributed by atoms with E-state index in [-0.39, 0.29) is 5.92 Å². The molecule has 98 valence electrons. The van der Waals surface area contributed by atoms with Gasteiger partial charge in [0.05, 0.1) is 5.69 Å². The van der Waals surface area contributed by atoms with Gasteiger partial charge >= 0.3 is 0 Å². The summed E-state index contributed by atoms with van der Waals surface area (Å²) < 4.78 is 3.27. The lowest BCUT2D eigenvalue weighted by Crippen LogP contribution is -2.12. The van der Waals surface area contributed by atoms with Crippen molar-refractivity contribution >= 4 is 5.78 Å². The summed E-state index contributed by atoms with van der Waals surface area (Å²) in [6.45, 7) is 7.93. The van der Waals surface area contributed by atoms with Crippen molar-refractivity contribution in [2.24, 2.45) is 0 Å². The largest absolute Gasteiger partial charge is 0.290 e. The molecule has 0 spiro atoms. The van der Waals surface area contributed by atoms with Crippen LogP contribution in [0.4, 0.5) is 0 Å². The predicted octanol–water partition coefficient (Wildman–Crippen LogP) is 0.840. The number of aryl methyl sites for hydroxylation is 2. The Hall–Kier alpha value is -2.38. The first-order chi connectivity index (χ1) is 9.06. The number of nitrogens with zero attached hydrogens (tertiary/aromatic N) is 8. The van der Waals surface area contributed by atoms with E-state index >= 15 is 0 Å². The second-order valence-corrected chi connectivity index (χ2v) is 4.76. The number of aromatic nitrogens is 8. The highest BCUT2D eigenvalue weighted by Gasteiger charge is 2.14. The molecule has 3 rings (SSSR count). The van der Waals surface area contributed by atoms with Crippen molar-refractivity contribution in [1.29, 1.82) is 0 Å². The third-order valence-electron chi connectivity index (χ3n) is 2.78. The molecule has 8 nitrogen and oxygen atoms in total. The summed E-state index contributed by atoms with van der Waals surface area (Å²) in [5.41, 5.74) is 1.87. The average Bonchev–Trinajstić information content (AvgIpc) is 2.91. The maximum atomic E-state index is 4.42. The quantitative estimate of drug-likeness (QED) is 0.677. The Bertz CT molecular complexity index is 738. The van der Waals surface area contributed by atoms with Crippen LogP contribution in [0.25, 0.3) is 11.7 Å². The summed E-state index contributed by atoms with van der Waals surface area (Å²) in [6.07, 6.45) is 0. The third kappa shape index (κ3) is 1.85. The number of hydrogen-bond acceptors (Lipinski definition) is 6. The first-order valence-electron chi connectivity index (χ1n) is 6.06. The Kier molecular flexibility index (Phi) is 2.51. The van der Waals surface area contributed by atoms with E-state index in [2.05, 4.69) is 30.6 Å². The molecule has 0 radical (unpaired) electrons. The topological polar surface area (TPSA) is 86.7 Å². The minimum absolute atomic E-state index is 0.208. The molecular formula is C11H14N8. The van der Waals surface area contributed by atoms with Crippen LogP contribution in [-0.2, 0) is 0 Å². The van der Waals surface area contributed by atoms with Crippen LogP contribution in [0.1, 0.15) is 37.0 Å². The lowest BCUT2D eigenvalue weighted by Gasteiger charge is -2.03. The molecule has 8 heteroatoms. The molecule has 0 aliphatic heterocycles. The zero-order valence-corrected chi connectivity index (χ0v) is 11.2. The summed E-state index contributed by atoms with van der Waals surface area (Å²) >= 11 is 0. The molecule has 0 atom stereocenters. The zero-order valence-electron chi connectivity index (χ0n) is 11.2. The maximum absolute atomic E-state index is 4.42. The molecule has 3 aromatic rings. The van der Waals surface area contributed by atoms with E-state index in [4.69, 9.17) is 0 Å². The van der Waals surface area contributed by atoms with Gasteiger partial charge in [0, 0.05) is 11.6 Å². The van der Waals surface area contributed by atoms with Gasteiger partial charge < -0.3 is 0 Å². The van der Waals surface area contributed by atoms with E-state index in [0.29, 0.717) is 11.7 Å². The van der Waals surface area contributed by atoms with Crippen LogP contribution in [0.15, 0.2) is 6.07 Å². The fourth-order valence-corrected chi connectivity index (χ4v) is 1.92. The first kappa shape index (κ1) is 11.7. The molecule has 0 aliphatic carbocycles. The van der Waals surface area contributed by atoms with Crippen LogP contribution in [0.3, 0.4) is 0 Å². The van der Waals surface area contributed by atoms with Crippen LogP contribution in [0.5, 0.6) is 0 Å². The number of rotatable bonds is 2. The number of hydrogen-bond donors (Lipinski definition) is 0. The van der Waals surface area contributed by atoms with Crippen molar-refractivity contribution in [3.8, 4) is 5.95 Å².